The van der Waals surface area contributed by atoms with Crippen molar-refractivity contribution in [3.63, 3.8) is 0 Å². The average Bonchev–Trinajstić information content (AvgIpc) is 3.44. The van der Waals surface area contributed by atoms with Crippen molar-refractivity contribution in [3.05, 3.63) is 11.6 Å². The molecule has 4 saturated carbocycles. The lowest BCUT2D eigenvalue weighted by Gasteiger charge is -2.71. The molecule has 28 atom stereocenters. The maximum Gasteiger partial charge on any atom is 0.315 e. The highest BCUT2D eigenvalue weighted by atomic mass is 16.8. The molecule has 75 heavy (non-hydrogen) atoms. The zero-order valence-corrected chi connectivity index (χ0v) is 44.2. The average molecular weight is 1080 g/mol. The number of aliphatic hydroxyl groups is 13. The third-order valence-electron chi connectivity index (χ3n) is 21.1. The number of carbonyl (C=O) groups is 1. The molecule has 9 rings (SSSR count). The fraction of sp³-hybridized carbons (Fsp3) is 0.943. The zero-order chi connectivity index (χ0) is 54.7. The highest BCUT2D eigenvalue weighted by Crippen LogP contribution is 2.76. The van der Waals surface area contributed by atoms with E-state index in [1.807, 2.05) is 6.92 Å². The van der Waals surface area contributed by atoms with Gasteiger partial charge in [-0.15, -0.1) is 0 Å². The summed E-state index contributed by atoms with van der Waals surface area (Å²) in [6.07, 6.45) is -21.1. The molecular formula is C53H86O22. The van der Waals surface area contributed by atoms with Crippen LogP contribution in [0.2, 0.25) is 0 Å². The molecule has 8 fully saturated rings. The molecule has 22 nitrogen and oxygen atoms in total. The van der Waals surface area contributed by atoms with E-state index in [9.17, 15) is 66.4 Å². The SMILES string of the molecule is C[C@@H]1O[C@H](O[C@@H]2[C@@H](O[C@H]3CC[C@@]4(C)[C@@H](CC[C@]5(C)[C@@H]4CC=C4[C@H]6CC(C)(C)CC[C@@]6(C(=O)O[C@H]6O[C@@H](CO)[C@H](O[C@H]7O[C@@H](CO)[C@H](O)[C@@H](O)[C@@H]7O)[C@@H](O)[C@@H]6O)CC[C@]45C)[C@]3(C)CO)OC[C@H](O)[C@H]2O)[C@@H](O)[C@H](O)[C@H]1O. The molecule has 0 aromatic carbocycles. The van der Waals surface area contributed by atoms with Crippen LogP contribution < -0.4 is 0 Å². The lowest BCUT2D eigenvalue weighted by molar-refractivity contribution is -0.365. The van der Waals surface area contributed by atoms with Gasteiger partial charge in [0.05, 0.1) is 44.1 Å². The van der Waals surface area contributed by atoms with Crippen molar-refractivity contribution in [2.24, 2.45) is 50.2 Å². The normalized spacial score (nSPS) is 54.8. The van der Waals surface area contributed by atoms with Gasteiger partial charge in [0, 0.05) is 5.41 Å². The number of fused-ring (bicyclic) bond motifs is 7. The molecule has 0 unspecified atom stereocenters. The van der Waals surface area contributed by atoms with Gasteiger partial charge in [0.1, 0.15) is 85.5 Å². The molecule has 0 spiro atoms. The van der Waals surface area contributed by atoms with Crippen molar-refractivity contribution in [2.75, 3.05) is 26.4 Å². The van der Waals surface area contributed by atoms with Crippen molar-refractivity contribution in [3.8, 4) is 0 Å². The summed E-state index contributed by atoms with van der Waals surface area (Å²) in [6, 6.07) is 0. The molecule has 0 radical (unpaired) electrons. The second-order valence-electron chi connectivity index (χ2n) is 25.7. The smallest absolute Gasteiger partial charge is 0.315 e. The Morgan fingerprint density at radius 1 is 0.613 bits per heavy atom. The van der Waals surface area contributed by atoms with E-state index >= 15 is 4.79 Å². The number of hydrogen-bond acceptors (Lipinski definition) is 22. The van der Waals surface area contributed by atoms with Gasteiger partial charge in [-0.05, 0) is 111 Å². The third-order valence-corrected chi connectivity index (χ3v) is 21.1. The molecule has 0 amide bonds. The van der Waals surface area contributed by atoms with Gasteiger partial charge < -0.3 is 104 Å². The maximum absolute atomic E-state index is 15.1. The summed E-state index contributed by atoms with van der Waals surface area (Å²) >= 11 is 0. The minimum atomic E-state index is -1.88. The lowest BCUT2D eigenvalue weighted by atomic mass is 9.33. The van der Waals surface area contributed by atoms with E-state index in [4.69, 9.17) is 37.9 Å². The minimum absolute atomic E-state index is 0.0432. The largest absolute Gasteiger partial charge is 0.432 e. The molecule has 0 aromatic rings. The summed E-state index contributed by atoms with van der Waals surface area (Å²) in [6.45, 7) is 13.0. The summed E-state index contributed by atoms with van der Waals surface area (Å²) in [7, 11) is 0. The van der Waals surface area contributed by atoms with E-state index in [0.717, 1.165) is 25.7 Å². The first-order valence-electron chi connectivity index (χ1n) is 27.3. The highest BCUT2D eigenvalue weighted by Gasteiger charge is 2.71. The van der Waals surface area contributed by atoms with E-state index in [0.29, 0.717) is 38.5 Å². The number of esters is 1. The zero-order valence-electron chi connectivity index (χ0n) is 44.2. The Bertz CT molecular complexity index is 2060. The van der Waals surface area contributed by atoms with Crippen molar-refractivity contribution in [1.29, 1.82) is 0 Å². The van der Waals surface area contributed by atoms with Gasteiger partial charge in [0.25, 0.3) is 0 Å². The number of ether oxygens (including phenoxy) is 8. The third kappa shape index (κ3) is 9.40. The number of allylic oxidation sites excluding steroid dienone is 2. The molecule has 0 aromatic heterocycles. The molecule has 5 aliphatic carbocycles. The van der Waals surface area contributed by atoms with Gasteiger partial charge in [-0.25, -0.2) is 0 Å². The van der Waals surface area contributed by atoms with Crippen LogP contribution in [0, 0.1) is 50.2 Å². The monoisotopic (exact) mass is 1070 g/mol. The first kappa shape index (κ1) is 58.1. The fourth-order valence-electron chi connectivity index (χ4n) is 16.2. The summed E-state index contributed by atoms with van der Waals surface area (Å²) in [5.74, 6) is -0.732. The van der Waals surface area contributed by atoms with Gasteiger partial charge in [-0.2, -0.15) is 0 Å². The van der Waals surface area contributed by atoms with Crippen LogP contribution in [0.5, 0.6) is 0 Å². The van der Waals surface area contributed by atoms with E-state index < -0.39 is 153 Å². The lowest BCUT2D eigenvalue weighted by Crippen LogP contribution is -2.67. The van der Waals surface area contributed by atoms with E-state index in [2.05, 4.69) is 40.7 Å². The van der Waals surface area contributed by atoms with Crippen LogP contribution in [0.4, 0.5) is 0 Å². The Morgan fingerprint density at radius 3 is 1.89 bits per heavy atom. The van der Waals surface area contributed by atoms with Crippen LogP contribution in [-0.2, 0) is 42.7 Å². The highest BCUT2D eigenvalue weighted by molar-refractivity contribution is 5.79. The van der Waals surface area contributed by atoms with Crippen LogP contribution in [-0.4, -0.2) is 222 Å². The predicted molar refractivity (Wildman–Crippen MR) is 257 cm³/mol. The predicted octanol–water partition coefficient (Wildman–Crippen LogP) is -1.40. The fourth-order valence-corrected chi connectivity index (χ4v) is 16.2. The molecule has 4 aliphatic heterocycles. The Kier molecular flexibility index (Phi) is 16.3. The minimum Gasteiger partial charge on any atom is -0.432 e. The number of hydrogen-bond donors (Lipinski definition) is 13. The molecule has 4 heterocycles. The van der Waals surface area contributed by atoms with Crippen LogP contribution in [0.3, 0.4) is 0 Å². The Labute approximate surface area is 437 Å². The van der Waals surface area contributed by atoms with Gasteiger partial charge in [-0.1, -0.05) is 53.2 Å². The topological polar surface area (TPSA) is 354 Å². The molecule has 4 saturated heterocycles. The molecule has 13 N–H and O–H groups in total. The van der Waals surface area contributed by atoms with Crippen molar-refractivity contribution < 1.29 is 109 Å². The molecular weight excluding hydrogens is 989 g/mol. The molecule has 430 valence electrons. The van der Waals surface area contributed by atoms with Crippen LogP contribution >= 0.6 is 0 Å². The van der Waals surface area contributed by atoms with Gasteiger partial charge >= 0.3 is 5.97 Å². The van der Waals surface area contributed by atoms with Crippen LogP contribution in [0.25, 0.3) is 0 Å². The van der Waals surface area contributed by atoms with E-state index in [1.165, 1.54) is 12.5 Å². The van der Waals surface area contributed by atoms with Gasteiger partial charge in [0.15, 0.2) is 18.9 Å². The second-order valence-corrected chi connectivity index (χ2v) is 25.7. The number of carbonyl (C=O) groups excluding carboxylic acids is 1. The van der Waals surface area contributed by atoms with E-state index in [1.54, 1.807) is 0 Å². The van der Waals surface area contributed by atoms with Crippen molar-refractivity contribution in [1.82, 2.24) is 0 Å². The Morgan fingerprint density at radius 2 is 1.23 bits per heavy atom. The maximum atomic E-state index is 15.1. The van der Waals surface area contributed by atoms with Crippen LogP contribution in [0.1, 0.15) is 113 Å². The molecule has 22 heteroatoms. The summed E-state index contributed by atoms with van der Waals surface area (Å²) in [4.78, 5) is 15.1. The second kappa shape index (κ2) is 21.1. The Balaban J connectivity index is 0.934. The van der Waals surface area contributed by atoms with Gasteiger partial charge in [-0.3, -0.25) is 4.79 Å². The quantitative estimate of drug-likeness (QED) is 0.0643. The first-order chi connectivity index (χ1) is 35.2. The van der Waals surface area contributed by atoms with Crippen molar-refractivity contribution >= 4 is 5.97 Å². The summed E-state index contributed by atoms with van der Waals surface area (Å²) in [5.41, 5.74) is -1.70. The summed E-state index contributed by atoms with van der Waals surface area (Å²) in [5, 5.41) is 139. The first-order valence-corrected chi connectivity index (χ1v) is 27.3. The summed E-state index contributed by atoms with van der Waals surface area (Å²) < 4.78 is 47.8. The number of aliphatic hydroxyl groups excluding tert-OH is 13. The standard InChI is InChI=1S/C53H86O22/c1-23-32(58)35(61)38(64)43(69-23)74-42-33(59)26(57)21-68-46(42)72-31-11-12-49(4)29(50(31,5)22-56)10-13-52(7)30(49)9-8-24-25-18-48(2,3)14-16-53(25,17-15-51(24,52)6)47(67)75-45-40(66)37(63)41(28(20-55)71-45)73-44-39(65)36(62)34(60)27(19-54)70-44/h8,23,25-46,54-66H,9-22H2,1-7H3/t23-,25+,26-,27-,28-,29+,30+,31-,32-,33+,34-,35+,36+,37-,38-,39-,40-,41-,42-,43+,44+,45+,46+,49-,50-,51+,52+,53+/m0/s1. The molecule has 9 aliphatic rings. The van der Waals surface area contributed by atoms with Gasteiger partial charge in [0.2, 0.25) is 6.29 Å². The van der Waals surface area contributed by atoms with Crippen LogP contribution in [0.15, 0.2) is 11.6 Å². The van der Waals surface area contributed by atoms with Crippen molar-refractivity contribution in [2.45, 2.75) is 235 Å². The molecule has 0 bridgehead atoms. The van der Waals surface area contributed by atoms with E-state index in [-0.39, 0.29) is 52.6 Å². The Hall–Kier alpha value is -1.59. The number of rotatable bonds is 11.